The third-order valence-corrected chi connectivity index (χ3v) is 2.43. The van der Waals surface area contributed by atoms with Crippen LogP contribution in [0.3, 0.4) is 0 Å². The maximum absolute atomic E-state index is 11.3. The number of nitrogens with zero attached hydrogens (tertiary/aromatic N) is 1. The first-order valence-corrected chi connectivity index (χ1v) is 4.78. The van der Waals surface area contributed by atoms with Gasteiger partial charge in [0.25, 0.3) is 0 Å². The van der Waals surface area contributed by atoms with Crippen molar-refractivity contribution < 1.29 is 4.79 Å². The molecule has 0 spiro atoms. The lowest BCUT2D eigenvalue weighted by molar-refractivity contribution is -0.125. The van der Waals surface area contributed by atoms with Crippen molar-refractivity contribution in [1.29, 1.82) is 0 Å². The van der Waals surface area contributed by atoms with Crippen LogP contribution in [0.2, 0.25) is 0 Å². The van der Waals surface area contributed by atoms with E-state index in [0.29, 0.717) is 0 Å². The smallest absolute Gasteiger partial charge is 0.237 e. The van der Waals surface area contributed by atoms with Gasteiger partial charge in [0, 0.05) is 19.1 Å². The van der Waals surface area contributed by atoms with E-state index in [4.69, 9.17) is 5.73 Å². The van der Waals surface area contributed by atoms with Gasteiger partial charge in [-0.3, -0.25) is 4.79 Å². The van der Waals surface area contributed by atoms with Crippen LogP contribution in [0.15, 0.2) is 0 Å². The first kappa shape index (κ1) is 10.5. The molecule has 0 saturated carbocycles. The molecule has 1 rings (SSSR count). The fourth-order valence-corrected chi connectivity index (χ4v) is 1.79. The average Bonchev–Trinajstić information content (AvgIpc) is 2.04. The maximum atomic E-state index is 11.3. The van der Waals surface area contributed by atoms with E-state index in [1.54, 1.807) is 0 Å². The number of carbonyl (C=O) groups excluding carboxylic acids is 1. The van der Waals surface area contributed by atoms with Crippen molar-refractivity contribution >= 4 is 5.91 Å². The average molecular weight is 184 g/mol. The van der Waals surface area contributed by atoms with Crippen molar-refractivity contribution in [3.8, 4) is 0 Å². The van der Waals surface area contributed by atoms with Gasteiger partial charge in [-0.2, -0.15) is 0 Å². The van der Waals surface area contributed by atoms with Gasteiger partial charge >= 0.3 is 0 Å². The van der Waals surface area contributed by atoms with Crippen molar-refractivity contribution in [3.05, 3.63) is 0 Å². The van der Waals surface area contributed by atoms with Gasteiger partial charge in [-0.05, 0) is 26.7 Å². The lowest BCUT2D eigenvalue weighted by Gasteiger charge is -2.36. The molecule has 13 heavy (non-hydrogen) atoms. The van der Waals surface area contributed by atoms with Crippen LogP contribution < -0.4 is 16.4 Å². The molecule has 4 heteroatoms. The van der Waals surface area contributed by atoms with E-state index >= 15 is 0 Å². The van der Waals surface area contributed by atoms with Crippen molar-refractivity contribution in [2.75, 3.05) is 13.1 Å². The second kappa shape index (κ2) is 4.07. The zero-order valence-electron chi connectivity index (χ0n) is 8.34. The summed E-state index contributed by atoms with van der Waals surface area (Å²) >= 11 is 0. The second-order valence-electron chi connectivity index (χ2n) is 3.92. The number of piperidine rings is 1. The Morgan fingerprint density at radius 2 is 2.00 bits per heavy atom. The molecule has 3 N–H and O–H groups in total. The highest BCUT2D eigenvalue weighted by molar-refractivity contribution is 5.84. The van der Waals surface area contributed by atoms with Gasteiger partial charge in [0.05, 0.1) is 0 Å². The number of primary amides is 1. The SMILES string of the molecule is CC(C)NC1(C(N)=O)CC[N]CC1. The highest BCUT2D eigenvalue weighted by Gasteiger charge is 2.38. The van der Waals surface area contributed by atoms with Gasteiger partial charge in [-0.1, -0.05) is 0 Å². The quantitative estimate of drug-likeness (QED) is 0.627. The van der Waals surface area contributed by atoms with Gasteiger partial charge in [-0.25, -0.2) is 5.32 Å². The molecular formula is C9H18N3O. The number of nitrogens with one attached hydrogen (secondary N) is 1. The minimum absolute atomic E-state index is 0.240. The molecule has 0 bridgehead atoms. The van der Waals surface area contributed by atoms with Gasteiger partial charge < -0.3 is 11.1 Å². The molecule has 0 aromatic carbocycles. The minimum Gasteiger partial charge on any atom is -0.368 e. The van der Waals surface area contributed by atoms with E-state index in [-0.39, 0.29) is 11.9 Å². The molecular weight excluding hydrogens is 166 g/mol. The molecule has 0 aromatic heterocycles. The molecule has 0 atom stereocenters. The van der Waals surface area contributed by atoms with E-state index in [2.05, 4.69) is 10.6 Å². The van der Waals surface area contributed by atoms with Crippen LogP contribution in [0.4, 0.5) is 0 Å². The normalized spacial score (nSPS) is 21.8. The first-order chi connectivity index (χ1) is 6.07. The Morgan fingerprint density at radius 3 is 2.38 bits per heavy atom. The number of carbonyl (C=O) groups is 1. The molecule has 1 saturated heterocycles. The Balaban J connectivity index is 2.67. The van der Waals surface area contributed by atoms with Gasteiger partial charge in [0.1, 0.15) is 5.54 Å². The van der Waals surface area contributed by atoms with Crippen LogP contribution >= 0.6 is 0 Å². The van der Waals surface area contributed by atoms with Crippen LogP contribution in [0.1, 0.15) is 26.7 Å². The molecule has 0 aliphatic carbocycles. The standard InChI is InChI=1S/C9H18N3O/c1-7(2)12-9(8(10)13)3-5-11-6-4-9/h7,12H,3-6H2,1-2H3,(H2,10,13). The summed E-state index contributed by atoms with van der Waals surface area (Å²) in [6.07, 6.45) is 1.47. The Kier molecular flexibility index (Phi) is 3.27. The summed E-state index contributed by atoms with van der Waals surface area (Å²) in [5.41, 5.74) is 4.90. The Hall–Kier alpha value is -0.610. The van der Waals surface area contributed by atoms with Gasteiger partial charge in [-0.15, -0.1) is 0 Å². The molecule has 1 fully saturated rings. The van der Waals surface area contributed by atoms with E-state index < -0.39 is 5.54 Å². The molecule has 0 aromatic rings. The lowest BCUT2D eigenvalue weighted by atomic mass is 9.87. The number of hydrogen-bond donors (Lipinski definition) is 2. The van der Waals surface area contributed by atoms with Gasteiger partial charge in [0.15, 0.2) is 0 Å². The predicted octanol–water partition coefficient (Wildman–Crippen LogP) is -0.393. The summed E-state index contributed by atoms with van der Waals surface area (Å²) in [7, 11) is 0. The Bertz CT molecular complexity index is 185. The summed E-state index contributed by atoms with van der Waals surface area (Å²) in [4.78, 5) is 11.3. The predicted molar refractivity (Wildman–Crippen MR) is 51.3 cm³/mol. The van der Waals surface area contributed by atoms with Crippen LogP contribution in [0.25, 0.3) is 0 Å². The highest BCUT2D eigenvalue weighted by atomic mass is 16.1. The third kappa shape index (κ3) is 2.42. The number of hydrogen-bond acceptors (Lipinski definition) is 2. The summed E-state index contributed by atoms with van der Waals surface area (Å²) in [6, 6.07) is 0.283. The van der Waals surface area contributed by atoms with E-state index in [0.717, 1.165) is 25.9 Å². The van der Waals surface area contributed by atoms with Crippen molar-refractivity contribution in [1.82, 2.24) is 10.6 Å². The van der Waals surface area contributed by atoms with Crippen molar-refractivity contribution in [2.24, 2.45) is 5.73 Å². The summed E-state index contributed by atoms with van der Waals surface area (Å²) < 4.78 is 0. The van der Waals surface area contributed by atoms with Crippen LogP contribution in [0, 0.1) is 0 Å². The Morgan fingerprint density at radius 1 is 1.46 bits per heavy atom. The van der Waals surface area contributed by atoms with Gasteiger partial charge in [0.2, 0.25) is 5.91 Å². The molecule has 1 aliphatic heterocycles. The van der Waals surface area contributed by atoms with Crippen LogP contribution in [0.5, 0.6) is 0 Å². The number of rotatable bonds is 3. The molecule has 1 aliphatic rings. The van der Waals surface area contributed by atoms with Crippen molar-refractivity contribution in [2.45, 2.75) is 38.3 Å². The van der Waals surface area contributed by atoms with Crippen LogP contribution in [-0.4, -0.2) is 30.6 Å². The fraction of sp³-hybridized carbons (Fsp3) is 0.889. The first-order valence-electron chi connectivity index (χ1n) is 4.78. The van der Waals surface area contributed by atoms with Crippen molar-refractivity contribution in [3.63, 3.8) is 0 Å². The monoisotopic (exact) mass is 184 g/mol. The van der Waals surface area contributed by atoms with E-state index in [9.17, 15) is 4.79 Å². The lowest BCUT2D eigenvalue weighted by Crippen LogP contribution is -2.61. The Labute approximate surface area is 79.3 Å². The summed E-state index contributed by atoms with van der Waals surface area (Å²) in [5.74, 6) is -0.240. The zero-order valence-corrected chi connectivity index (χ0v) is 8.34. The molecule has 1 amide bonds. The molecule has 4 nitrogen and oxygen atoms in total. The largest absolute Gasteiger partial charge is 0.368 e. The maximum Gasteiger partial charge on any atom is 0.237 e. The topological polar surface area (TPSA) is 69.2 Å². The molecule has 1 radical (unpaired) electrons. The number of amides is 1. The second-order valence-corrected chi connectivity index (χ2v) is 3.92. The molecule has 75 valence electrons. The molecule has 1 heterocycles. The third-order valence-electron chi connectivity index (χ3n) is 2.43. The summed E-state index contributed by atoms with van der Waals surface area (Å²) in [5, 5.41) is 7.47. The van der Waals surface area contributed by atoms with E-state index in [1.807, 2.05) is 13.8 Å². The van der Waals surface area contributed by atoms with E-state index in [1.165, 1.54) is 0 Å². The highest BCUT2D eigenvalue weighted by Crippen LogP contribution is 2.19. The van der Waals surface area contributed by atoms with Crippen LogP contribution in [-0.2, 0) is 4.79 Å². The fourth-order valence-electron chi connectivity index (χ4n) is 1.79. The number of nitrogens with two attached hydrogens (primary N) is 1. The summed E-state index contributed by atoms with van der Waals surface area (Å²) in [6.45, 7) is 5.53. The molecule has 0 unspecified atom stereocenters. The minimum atomic E-state index is -0.504. The zero-order chi connectivity index (χ0) is 9.90.